The lowest BCUT2D eigenvalue weighted by molar-refractivity contribution is 0.131. The van der Waals surface area contributed by atoms with Gasteiger partial charge in [0.25, 0.3) is 0 Å². The van der Waals surface area contributed by atoms with Crippen molar-refractivity contribution in [2.24, 2.45) is 16.3 Å². The fourth-order valence-electron chi connectivity index (χ4n) is 2.51. The molecule has 0 aromatic rings. The Bertz CT molecular complexity index is 249. The lowest BCUT2D eigenvalue weighted by atomic mass is 9.67. The monoisotopic (exact) mass is 195 g/mol. The Hall–Kier alpha value is -0.620. The smallest absolute Gasteiger partial charge is 0.211 e. The summed E-state index contributed by atoms with van der Waals surface area (Å²) in [6, 6.07) is 0. The molecule has 0 radical (unpaired) electrons. The third kappa shape index (κ3) is 2.68. The predicted octanol–water partition coefficient (Wildman–Crippen LogP) is 3.32. The van der Waals surface area contributed by atoms with Crippen LogP contribution in [0.2, 0.25) is 0 Å². The number of hydrogen-bond donors (Lipinski definition) is 0. The number of carbonyl (C=O) groups excluding carboxylic acids is 1. The van der Waals surface area contributed by atoms with Crippen LogP contribution in [0, 0.1) is 11.3 Å². The van der Waals surface area contributed by atoms with Crippen molar-refractivity contribution in [2.45, 2.75) is 58.9 Å². The molecular weight excluding hydrogens is 174 g/mol. The SMILES string of the molecule is CC1(C)CCCC(C(C)(C)N=C=O)C1. The third-order valence-corrected chi connectivity index (χ3v) is 3.54. The van der Waals surface area contributed by atoms with E-state index in [0.717, 1.165) is 0 Å². The Labute approximate surface area is 86.8 Å². The van der Waals surface area contributed by atoms with Gasteiger partial charge in [0.2, 0.25) is 6.08 Å². The molecule has 14 heavy (non-hydrogen) atoms. The molecule has 2 heteroatoms. The van der Waals surface area contributed by atoms with Crippen LogP contribution in [-0.2, 0) is 4.79 Å². The Kier molecular flexibility index (Phi) is 3.16. The van der Waals surface area contributed by atoms with Gasteiger partial charge in [-0.1, -0.05) is 20.3 Å². The van der Waals surface area contributed by atoms with Crippen LogP contribution in [0.5, 0.6) is 0 Å². The quantitative estimate of drug-likeness (QED) is 0.491. The van der Waals surface area contributed by atoms with Crippen molar-refractivity contribution in [3.05, 3.63) is 0 Å². The van der Waals surface area contributed by atoms with Crippen molar-refractivity contribution >= 4 is 6.08 Å². The zero-order valence-electron chi connectivity index (χ0n) is 9.76. The first-order valence-electron chi connectivity index (χ1n) is 5.46. The highest BCUT2D eigenvalue weighted by Gasteiger charge is 2.36. The lowest BCUT2D eigenvalue weighted by Crippen LogP contribution is -2.36. The minimum absolute atomic E-state index is 0.223. The Balaban J connectivity index is 2.73. The predicted molar refractivity (Wildman–Crippen MR) is 57.9 cm³/mol. The van der Waals surface area contributed by atoms with Crippen LogP contribution in [0.25, 0.3) is 0 Å². The Morgan fingerprint density at radius 2 is 2.07 bits per heavy atom. The molecular formula is C12H21NO. The molecule has 0 bridgehead atoms. The van der Waals surface area contributed by atoms with Crippen LogP contribution in [0.1, 0.15) is 53.4 Å². The van der Waals surface area contributed by atoms with Gasteiger partial charge in [0.05, 0.1) is 5.54 Å². The normalized spacial score (nSPS) is 26.7. The van der Waals surface area contributed by atoms with Crippen molar-refractivity contribution in [3.63, 3.8) is 0 Å². The standard InChI is InChI=1S/C12H21NO/c1-11(2)7-5-6-10(8-11)12(3,4)13-9-14/h10H,5-8H2,1-4H3. The van der Waals surface area contributed by atoms with Crippen molar-refractivity contribution in [1.29, 1.82) is 0 Å². The van der Waals surface area contributed by atoms with Crippen LogP contribution in [0.3, 0.4) is 0 Å². The fraction of sp³-hybridized carbons (Fsp3) is 0.917. The van der Waals surface area contributed by atoms with Crippen molar-refractivity contribution in [3.8, 4) is 0 Å². The van der Waals surface area contributed by atoms with Crippen molar-refractivity contribution in [2.75, 3.05) is 0 Å². The highest BCUT2D eigenvalue weighted by molar-refractivity contribution is 5.34. The van der Waals surface area contributed by atoms with Crippen LogP contribution in [0.4, 0.5) is 0 Å². The topological polar surface area (TPSA) is 29.4 Å². The molecule has 1 saturated carbocycles. The second-order valence-corrected chi connectivity index (χ2v) is 5.81. The van der Waals surface area contributed by atoms with Gasteiger partial charge in [-0.25, -0.2) is 4.79 Å². The van der Waals surface area contributed by atoms with E-state index in [1.54, 1.807) is 6.08 Å². The summed E-state index contributed by atoms with van der Waals surface area (Å²) < 4.78 is 0. The molecule has 0 aromatic heterocycles. The largest absolute Gasteiger partial charge is 0.235 e. The van der Waals surface area contributed by atoms with E-state index in [1.165, 1.54) is 25.7 Å². The molecule has 1 fully saturated rings. The molecule has 0 aliphatic heterocycles. The first-order chi connectivity index (χ1) is 6.37. The third-order valence-electron chi connectivity index (χ3n) is 3.54. The highest BCUT2D eigenvalue weighted by atomic mass is 16.1. The van der Waals surface area contributed by atoms with Gasteiger partial charge in [-0.15, -0.1) is 0 Å². The fourth-order valence-corrected chi connectivity index (χ4v) is 2.51. The molecule has 2 nitrogen and oxygen atoms in total. The van der Waals surface area contributed by atoms with E-state index in [4.69, 9.17) is 0 Å². The van der Waals surface area contributed by atoms with Crippen LogP contribution < -0.4 is 0 Å². The molecule has 1 aliphatic rings. The molecule has 0 saturated heterocycles. The van der Waals surface area contributed by atoms with Crippen LogP contribution in [0.15, 0.2) is 4.99 Å². The number of nitrogens with zero attached hydrogens (tertiary/aromatic N) is 1. The summed E-state index contributed by atoms with van der Waals surface area (Å²) in [4.78, 5) is 14.3. The van der Waals surface area contributed by atoms with Crippen molar-refractivity contribution < 1.29 is 4.79 Å². The van der Waals surface area contributed by atoms with Gasteiger partial charge >= 0.3 is 0 Å². The molecule has 1 rings (SSSR count). The lowest BCUT2D eigenvalue weighted by Gasteiger charge is -2.40. The first-order valence-corrected chi connectivity index (χ1v) is 5.46. The Morgan fingerprint density at radius 1 is 1.43 bits per heavy atom. The van der Waals surface area contributed by atoms with Gasteiger partial charge in [-0.3, -0.25) is 0 Å². The average molecular weight is 195 g/mol. The van der Waals surface area contributed by atoms with Gasteiger partial charge in [-0.05, 0) is 44.4 Å². The van der Waals surface area contributed by atoms with Gasteiger partial charge < -0.3 is 0 Å². The molecule has 1 unspecified atom stereocenters. The molecule has 1 aliphatic carbocycles. The second kappa shape index (κ2) is 3.86. The summed E-state index contributed by atoms with van der Waals surface area (Å²) in [6.45, 7) is 8.70. The first kappa shape index (κ1) is 11.5. The molecule has 0 aromatic carbocycles. The number of isocyanates is 1. The van der Waals surface area contributed by atoms with Gasteiger partial charge in [0.1, 0.15) is 0 Å². The summed E-state index contributed by atoms with van der Waals surface area (Å²) >= 11 is 0. The molecule has 1 atom stereocenters. The summed E-state index contributed by atoms with van der Waals surface area (Å²) in [5, 5.41) is 0. The van der Waals surface area contributed by atoms with E-state index < -0.39 is 0 Å². The second-order valence-electron chi connectivity index (χ2n) is 5.81. The van der Waals surface area contributed by atoms with E-state index in [9.17, 15) is 4.79 Å². The number of rotatable bonds is 2. The van der Waals surface area contributed by atoms with Gasteiger partial charge in [-0.2, -0.15) is 4.99 Å². The van der Waals surface area contributed by atoms with Crippen LogP contribution >= 0.6 is 0 Å². The van der Waals surface area contributed by atoms with E-state index in [-0.39, 0.29) is 5.54 Å². The summed E-state index contributed by atoms with van der Waals surface area (Å²) in [6.07, 6.45) is 6.63. The maximum atomic E-state index is 10.3. The van der Waals surface area contributed by atoms with Gasteiger partial charge in [0.15, 0.2) is 0 Å². The molecule has 80 valence electrons. The maximum absolute atomic E-state index is 10.3. The maximum Gasteiger partial charge on any atom is 0.235 e. The summed E-state index contributed by atoms with van der Waals surface area (Å²) in [5.41, 5.74) is 0.192. The number of hydrogen-bond acceptors (Lipinski definition) is 2. The van der Waals surface area contributed by atoms with E-state index in [0.29, 0.717) is 11.3 Å². The van der Waals surface area contributed by atoms with Crippen molar-refractivity contribution in [1.82, 2.24) is 0 Å². The minimum Gasteiger partial charge on any atom is -0.211 e. The zero-order chi connectivity index (χ0) is 10.8. The molecule has 0 heterocycles. The summed E-state index contributed by atoms with van der Waals surface area (Å²) in [7, 11) is 0. The Morgan fingerprint density at radius 3 is 2.57 bits per heavy atom. The molecule has 0 N–H and O–H groups in total. The molecule has 0 amide bonds. The minimum atomic E-state index is -0.223. The van der Waals surface area contributed by atoms with Crippen LogP contribution in [-0.4, -0.2) is 11.6 Å². The highest BCUT2D eigenvalue weighted by Crippen LogP contribution is 2.43. The van der Waals surface area contributed by atoms with Gasteiger partial charge in [0, 0.05) is 0 Å². The van der Waals surface area contributed by atoms with E-state index in [1.807, 2.05) is 13.8 Å². The molecule has 0 spiro atoms. The average Bonchev–Trinajstić information content (AvgIpc) is 2.02. The van der Waals surface area contributed by atoms with E-state index in [2.05, 4.69) is 18.8 Å². The number of aliphatic imine (C=N–C) groups is 1. The summed E-state index contributed by atoms with van der Waals surface area (Å²) in [5.74, 6) is 0.535. The zero-order valence-corrected chi connectivity index (χ0v) is 9.76. The van der Waals surface area contributed by atoms with E-state index >= 15 is 0 Å².